The minimum absolute atomic E-state index is 0.0301. The molecule has 0 radical (unpaired) electrons. The summed E-state index contributed by atoms with van der Waals surface area (Å²) in [6.45, 7) is 1.62. The molecular weight excluding hydrogens is 532 g/mol. The van der Waals surface area contributed by atoms with Crippen molar-refractivity contribution in [3.05, 3.63) is 34.4 Å². The second kappa shape index (κ2) is 10.2. The zero-order valence-corrected chi connectivity index (χ0v) is 23.6. The van der Waals surface area contributed by atoms with E-state index in [0.717, 1.165) is 24.7 Å². The van der Waals surface area contributed by atoms with E-state index in [0.29, 0.717) is 38.5 Å². The standard InChI is InChI=1S/C31H44O10/c1-28-8-5-20-21(31(28,39)11-7-19(28)18-2-3-23(34)40-16-18)6-10-30(38)14-17(4-9-29(20,30)12-13-32)27-26(37)25(36)24(35)22(15-33)41-27/h2-3,13,16-17,19-22,24-27,33,35-39H,4-12,14-15H2,1H3/t17-,19+,20-,21+,22+,24+,25-,26+,27-,28+,29-,30-,31-/m0/s1. The molecule has 13 atom stereocenters. The molecule has 228 valence electrons. The van der Waals surface area contributed by atoms with Crippen molar-refractivity contribution in [1.82, 2.24) is 0 Å². The smallest absolute Gasteiger partial charge is 0.335 e. The maximum Gasteiger partial charge on any atom is 0.335 e. The zero-order chi connectivity index (χ0) is 29.4. The number of carbonyl (C=O) groups is 1. The highest BCUT2D eigenvalue weighted by Gasteiger charge is 2.71. The molecule has 0 unspecified atom stereocenters. The van der Waals surface area contributed by atoms with Crippen LogP contribution >= 0.6 is 0 Å². The molecule has 1 saturated heterocycles. The third-order valence-electron chi connectivity index (χ3n) is 12.7. The van der Waals surface area contributed by atoms with Crippen LogP contribution in [0.3, 0.4) is 0 Å². The van der Waals surface area contributed by atoms with Crippen molar-refractivity contribution in [2.75, 3.05) is 6.61 Å². The van der Waals surface area contributed by atoms with E-state index in [1.165, 1.54) is 12.3 Å². The van der Waals surface area contributed by atoms with Crippen LogP contribution in [0.1, 0.15) is 82.6 Å². The Labute approximate surface area is 239 Å². The molecule has 10 nitrogen and oxygen atoms in total. The van der Waals surface area contributed by atoms with Gasteiger partial charge in [-0.15, -0.1) is 0 Å². The van der Waals surface area contributed by atoms with Crippen LogP contribution in [-0.2, 0) is 9.53 Å². The maximum atomic E-state index is 12.5. The quantitative estimate of drug-likeness (QED) is 0.277. The molecule has 0 spiro atoms. The number of hydrogen-bond acceptors (Lipinski definition) is 10. The van der Waals surface area contributed by atoms with Crippen LogP contribution in [0.25, 0.3) is 0 Å². The third-order valence-corrected chi connectivity index (χ3v) is 12.7. The van der Waals surface area contributed by atoms with Crippen molar-refractivity contribution in [3.63, 3.8) is 0 Å². The van der Waals surface area contributed by atoms with Gasteiger partial charge in [-0.3, -0.25) is 0 Å². The van der Waals surface area contributed by atoms with Gasteiger partial charge in [-0.1, -0.05) is 6.92 Å². The third kappa shape index (κ3) is 4.08. The summed E-state index contributed by atoms with van der Waals surface area (Å²) in [7, 11) is 0. The van der Waals surface area contributed by atoms with Crippen molar-refractivity contribution in [3.8, 4) is 0 Å². The molecule has 10 heteroatoms. The van der Waals surface area contributed by atoms with Gasteiger partial charge in [0.2, 0.25) is 0 Å². The lowest BCUT2D eigenvalue weighted by Gasteiger charge is -2.67. The highest BCUT2D eigenvalue weighted by molar-refractivity contribution is 5.52. The number of ether oxygens (including phenoxy) is 1. The van der Waals surface area contributed by atoms with Crippen LogP contribution in [0.4, 0.5) is 0 Å². The van der Waals surface area contributed by atoms with E-state index >= 15 is 0 Å². The number of carbonyl (C=O) groups excluding carboxylic acids is 1. The Morgan fingerprint density at radius 2 is 1.71 bits per heavy atom. The lowest BCUT2D eigenvalue weighted by atomic mass is 9.40. The molecule has 41 heavy (non-hydrogen) atoms. The highest BCUT2D eigenvalue weighted by atomic mass is 16.5. The SMILES string of the molecule is C[C@]12CC[C@H]3[C@@H](CC[C@]4(O)C[C@@H]([C@@H]5O[C@H](CO)[C@@H](O)[C@H](O)[C@H]5O)CC[C@]34CC=O)[C@@]1(O)CC[C@@H]2c1ccc(=O)oc1. The first kappa shape index (κ1) is 29.4. The van der Waals surface area contributed by atoms with Crippen LogP contribution < -0.4 is 5.63 Å². The first-order valence-electron chi connectivity index (χ1n) is 15.2. The fraction of sp³-hybridized carbons (Fsp3) is 0.806. The molecular formula is C31H44O10. The zero-order valence-electron chi connectivity index (χ0n) is 23.6. The van der Waals surface area contributed by atoms with Crippen LogP contribution in [0.15, 0.2) is 27.6 Å². The second-order valence-electron chi connectivity index (χ2n) is 14.0. The predicted octanol–water partition coefficient (Wildman–Crippen LogP) is 1.02. The van der Waals surface area contributed by atoms with Gasteiger partial charge >= 0.3 is 5.63 Å². The summed E-state index contributed by atoms with van der Waals surface area (Å²) in [5.41, 5.74) is -2.91. The van der Waals surface area contributed by atoms with Gasteiger partial charge in [0.1, 0.15) is 30.7 Å². The molecule has 0 aromatic carbocycles. The lowest BCUT2D eigenvalue weighted by molar-refractivity contribution is -0.278. The average molecular weight is 577 g/mol. The van der Waals surface area contributed by atoms with E-state index in [1.54, 1.807) is 6.07 Å². The second-order valence-corrected chi connectivity index (χ2v) is 14.0. The van der Waals surface area contributed by atoms with Crippen LogP contribution in [0.5, 0.6) is 0 Å². The normalized spacial score (nSPS) is 51.3. The molecule has 6 rings (SSSR count). The number of rotatable bonds is 5. The number of aldehydes is 1. The summed E-state index contributed by atoms with van der Waals surface area (Å²) in [6, 6.07) is 3.22. The first-order valence-corrected chi connectivity index (χ1v) is 15.2. The van der Waals surface area contributed by atoms with Crippen molar-refractivity contribution in [2.24, 2.45) is 28.6 Å². The van der Waals surface area contributed by atoms with Gasteiger partial charge in [-0.25, -0.2) is 4.79 Å². The maximum absolute atomic E-state index is 12.5. The molecule has 5 fully saturated rings. The van der Waals surface area contributed by atoms with Crippen LogP contribution in [0.2, 0.25) is 0 Å². The molecule has 6 N–H and O–H groups in total. The van der Waals surface area contributed by atoms with E-state index in [4.69, 9.17) is 9.15 Å². The van der Waals surface area contributed by atoms with Crippen molar-refractivity contribution >= 4 is 6.29 Å². The van der Waals surface area contributed by atoms with Crippen molar-refractivity contribution in [2.45, 2.75) is 119 Å². The minimum Gasteiger partial charge on any atom is -0.431 e. The van der Waals surface area contributed by atoms with E-state index < -0.39 is 64.8 Å². The summed E-state index contributed by atoms with van der Waals surface area (Å²) in [5.74, 6) is -0.496. The van der Waals surface area contributed by atoms with Crippen LogP contribution in [-0.4, -0.2) is 85.3 Å². The van der Waals surface area contributed by atoms with Gasteiger partial charge in [0.05, 0.1) is 30.2 Å². The topological polar surface area (TPSA) is 178 Å². The largest absolute Gasteiger partial charge is 0.431 e. The Morgan fingerprint density at radius 1 is 0.951 bits per heavy atom. The summed E-state index contributed by atoms with van der Waals surface area (Å²) in [5, 5.41) is 66.0. The summed E-state index contributed by atoms with van der Waals surface area (Å²) < 4.78 is 11.1. The fourth-order valence-electron chi connectivity index (χ4n) is 10.5. The van der Waals surface area contributed by atoms with E-state index in [-0.39, 0.29) is 36.5 Å². The Bertz CT molecular complexity index is 1180. The van der Waals surface area contributed by atoms with E-state index in [1.807, 2.05) is 0 Å². The lowest BCUT2D eigenvalue weighted by Crippen LogP contribution is -2.69. The van der Waals surface area contributed by atoms with Gasteiger partial charge in [0.25, 0.3) is 0 Å². The molecule has 1 aromatic rings. The van der Waals surface area contributed by atoms with E-state index in [9.17, 15) is 40.2 Å². The molecule has 1 aromatic heterocycles. The van der Waals surface area contributed by atoms with Crippen LogP contribution in [0, 0.1) is 28.6 Å². The molecule has 4 saturated carbocycles. The first-order chi connectivity index (χ1) is 19.4. The number of fused-ring (bicyclic) bond motifs is 5. The predicted molar refractivity (Wildman–Crippen MR) is 145 cm³/mol. The number of hydrogen-bond donors (Lipinski definition) is 6. The summed E-state index contributed by atoms with van der Waals surface area (Å²) >= 11 is 0. The molecule has 5 aliphatic rings. The monoisotopic (exact) mass is 576 g/mol. The molecule has 2 heterocycles. The molecule has 0 bridgehead atoms. The van der Waals surface area contributed by atoms with Gasteiger partial charge in [-0.05, 0) is 93.1 Å². The average Bonchev–Trinajstić information content (AvgIpc) is 3.23. The number of aliphatic hydroxyl groups is 6. The van der Waals surface area contributed by atoms with E-state index in [2.05, 4.69) is 6.92 Å². The number of aliphatic hydroxyl groups excluding tert-OH is 4. The Hall–Kier alpha value is -1.66. The van der Waals surface area contributed by atoms with Gasteiger partial charge in [-0.2, -0.15) is 0 Å². The molecule has 0 amide bonds. The molecule has 4 aliphatic carbocycles. The summed E-state index contributed by atoms with van der Waals surface area (Å²) in [4.78, 5) is 23.8. The van der Waals surface area contributed by atoms with Gasteiger partial charge < -0.3 is 44.6 Å². The Kier molecular flexibility index (Phi) is 7.33. The van der Waals surface area contributed by atoms with Crippen molar-refractivity contribution < 1.29 is 44.6 Å². The Morgan fingerprint density at radius 3 is 2.39 bits per heavy atom. The summed E-state index contributed by atoms with van der Waals surface area (Å²) in [6.07, 6.45) is 1.49. The Balaban J connectivity index is 1.29. The fourth-order valence-corrected chi connectivity index (χ4v) is 10.5. The molecule has 1 aliphatic heterocycles. The highest BCUT2D eigenvalue weighted by Crippen LogP contribution is 2.72. The van der Waals surface area contributed by atoms with Crippen molar-refractivity contribution in [1.29, 1.82) is 0 Å². The van der Waals surface area contributed by atoms with Gasteiger partial charge in [0.15, 0.2) is 0 Å². The van der Waals surface area contributed by atoms with Gasteiger partial charge in [0, 0.05) is 23.3 Å². The minimum atomic E-state index is -1.48.